The number of fused-ring (bicyclic) bond motifs is 1. The maximum absolute atomic E-state index is 12.3. The van der Waals surface area contributed by atoms with E-state index in [2.05, 4.69) is 14.8 Å². The molecule has 3 aromatic rings. The van der Waals surface area contributed by atoms with Crippen LogP contribution in [0.5, 0.6) is 0 Å². The first-order chi connectivity index (χ1) is 9.95. The van der Waals surface area contributed by atoms with Crippen LogP contribution in [0.4, 0.5) is 5.13 Å². The Bertz CT molecular complexity index is 847. The predicted molar refractivity (Wildman–Crippen MR) is 83.0 cm³/mol. The van der Waals surface area contributed by atoms with Crippen LogP contribution < -0.4 is 4.72 Å². The number of nitrogens with one attached hydrogen (secondary N) is 1. The van der Waals surface area contributed by atoms with Crippen LogP contribution >= 0.6 is 11.3 Å². The minimum Gasteiger partial charge on any atom is -0.269 e. The van der Waals surface area contributed by atoms with Crippen molar-refractivity contribution in [1.82, 2.24) is 14.8 Å². The Kier molecular flexibility index (Phi) is 3.42. The number of anilines is 1. The lowest BCUT2D eigenvalue weighted by Crippen LogP contribution is -2.12. The highest BCUT2D eigenvalue weighted by Gasteiger charge is 2.19. The van der Waals surface area contributed by atoms with Gasteiger partial charge in [-0.2, -0.15) is 5.10 Å². The topological polar surface area (TPSA) is 76.9 Å². The fourth-order valence-corrected chi connectivity index (χ4v) is 3.87. The van der Waals surface area contributed by atoms with Gasteiger partial charge in [0.05, 0.1) is 16.4 Å². The van der Waals surface area contributed by atoms with Crippen molar-refractivity contribution in [2.75, 3.05) is 4.72 Å². The average Bonchev–Trinajstić information content (AvgIpc) is 3.04. The van der Waals surface area contributed by atoms with Gasteiger partial charge >= 0.3 is 0 Å². The summed E-state index contributed by atoms with van der Waals surface area (Å²) in [6.45, 7) is 3.87. The Morgan fingerprint density at radius 3 is 2.71 bits per heavy atom. The molecule has 110 valence electrons. The van der Waals surface area contributed by atoms with Crippen LogP contribution in [0.3, 0.4) is 0 Å². The molecule has 3 rings (SSSR count). The second kappa shape index (κ2) is 5.12. The van der Waals surface area contributed by atoms with Gasteiger partial charge in [-0.05, 0) is 26.0 Å². The smallest absolute Gasteiger partial charge is 0.266 e. The summed E-state index contributed by atoms with van der Waals surface area (Å²) < 4.78 is 29.7. The van der Waals surface area contributed by atoms with Crippen molar-refractivity contribution >= 4 is 36.7 Å². The number of hydrogen-bond acceptors (Lipinski definition) is 5. The van der Waals surface area contributed by atoms with Crippen molar-refractivity contribution in [2.45, 2.75) is 24.8 Å². The van der Waals surface area contributed by atoms with Gasteiger partial charge < -0.3 is 0 Å². The Hall–Kier alpha value is -1.93. The first-order valence-electron chi connectivity index (χ1n) is 6.38. The van der Waals surface area contributed by atoms with Gasteiger partial charge in [0.2, 0.25) is 0 Å². The Morgan fingerprint density at radius 2 is 2.05 bits per heavy atom. The van der Waals surface area contributed by atoms with Crippen LogP contribution in [0.15, 0.2) is 41.6 Å². The Morgan fingerprint density at radius 1 is 1.29 bits per heavy atom. The molecule has 0 bridgehead atoms. The van der Waals surface area contributed by atoms with E-state index >= 15 is 0 Å². The van der Waals surface area contributed by atoms with E-state index in [1.54, 1.807) is 4.68 Å². The summed E-state index contributed by atoms with van der Waals surface area (Å²) in [5, 5.41) is 4.40. The van der Waals surface area contributed by atoms with Crippen molar-refractivity contribution in [2.24, 2.45) is 0 Å². The molecule has 0 aliphatic heterocycles. The summed E-state index contributed by atoms with van der Waals surface area (Å²) in [7, 11) is -3.66. The van der Waals surface area contributed by atoms with Crippen molar-refractivity contribution in [3.63, 3.8) is 0 Å². The van der Waals surface area contributed by atoms with E-state index in [4.69, 9.17) is 0 Å². The number of para-hydroxylation sites is 1. The third kappa shape index (κ3) is 2.77. The maximum Gasteiger partial charge on any atom is 0.266 e. The van der Waals surface area contributed by atoms with Crippen molar-refractivity contribution in [3.05, 3.63) is 36.7 Å². The summed E-state index contributed by atoms with van der Waals surface area (Å²) in [5.41, 5.74) is 0.776. The van der Waals surface area contributed by atoms with Crippen LogP contribution in [-0.4, -0.2) is 23.2 Å². The molecule has 0 saturated carbocycles. The highest BCUT2D eigenvalue weighted by Crippen LogP contribution is 2.27. The molecular formula is C13H14N4O2S2. The van der Waals surface area contributed by atoms with Crippen molar-refractivity contribution in [3.8, 4) is 0 Å². The number of benzene rings is 1. The zero-order chi connectivity index (χ0) is 15.0. The van der Waals surface area contributed by atoms with Gasteiger partial charge in [-0.25, -0.2) is 13.4 Å². The summed E-state index contributed by atoms with van der Waals surface area (Å²) in [6, 6.07) is 7.62. The molecule has 2 aromatic heterocycles. The SMILES string of the molecule is CC(C)n1cc(S(=O)(=O)Nc2nc3ccccc3s2)cn1. The molecule has 0 fully saturated rings. The third-order valence-corrected chi connectivity index (χ3v) is 5.31. The molecule has 21 heavy (non-hydrogen) atoms. The lowest BCUT2D eigenvalue weighted by Gasteiger charge is -2.04. The molecule has 2 heterocycles. The average molecular weight is 322 g/mol. The Labute approximate surface area is 126 Å². The minimum atomic E-state index is -3.66. The quantitative estimate of drug-likeness (QED) is 0.801. The monoisotopic (exact) mass is 322 g/mol. The first kappa shape index (κ1) is 14.0. The summed E-state index contributed by atoms with van der Waals surface area (Å²) in [6.07, 6.45) is 2.86. The Balaban J connectivity index is 1.91. The largest absolute Gasteiger partial charge is 0.269 e. The second-order valence-electron chi connectivity index (χ2n) is 4.84. The molecule has 1 aromatic carbocycles. The fourth-order valence-electron chi connectivity index (χ4n) is 1.83. The van der Waals surface area contributed by atoms with Crippen LogP contribution in [0.1, 0.15) is 19.9 Å². The van der Waals surface area contributed by atoms with Crippen LogP contribution in [-0.2, 0) is 10.0 Å². The highest BCUT2D eigenvalue weighted by atomic mass is 32.2. The molecule has 0 unspecified atom stereocenters. The first-order valence-corrected chi connectivity index (χ1v) is 8.68. The fraction of sp³-hybridized carbons (Fsp3) is 0.231. The summed E-state index contributed by atoms with van der Waals surface area (Å²) in [5.74, 6) is 0. The number of nitrogens with zero attached hydrogens (tertiary/aromatic N) is 3. The molecule has 1 N–H and O–H groups in total. The van der Waals surface area contributed by atoms with E-state index < -0.39 is 10.0 Å². The van der Waals surface area contributed by atoms with E-state index in [-0.39, 0.29) is 10.9 Å². The van der Waals surface area contributed by atoms with Crippen LogP contribution in [0.25, 0.3) is 10.2 Å². The van der Waals surface area contributed by atoms with Gasteiger partial charge in [-0.3, -0.25) is 9.40 Å². The molecular weight excluding hydrogens is 308 g/mol. The highest BCUT2D eigenvalue weighted by molar-refractivity contribution is 7.93. The number of rotatable bonds is 4. The lowest BCUT2D eigenvalue weighted by molar-refractivity contribution is 0.531. The molecule has 8 heteroatoms. The van der Waals surface area contributed by atoms with E-state index in [9.17, 15) is 8.42 Å². The van der Waals surface area contributed by atoms with Gasteiger partial charge in [0, 0.05) is 12.2 Å². The maximum atomic E-state index is 12.3. The third-order valence-electron chi connectivity index (χ3n) is 2.93. The summed E-state index contributed by atoms with van der Waals surface area (Å²) in [4.78, 5) is 4.40. The van der Waals surface area contributed by atoms with Crippen LogP contribution in [0.2, 0.25) is 0 Å². The second-order valence-corrected chi connectivity index (χ2v) is 7.56. The molecule has 6 nitrogen and oxygen atoms in total. The van der Waals surface area contributed by atoms with Gasteiger partial charge in [-0.15, -0.1) is 0 Å². The number of thiazole rings is 1. The van der Waals surface area contributed by atoms with E-state index in [0.717, 1.165) is 10.2 Å². The zero-order valence-electron chi connectivity index (χ0n) is 11.5. The van der Waals surface area contributed by atoms with Gasteiger partial charge in [0.15, 0.2) is 5.13 Å². The van der Waals surface area contributed by atoms with Gasteiger partial charge in [0.25, 0.3) is 10.0 Å². The van der Waals surface area contributed by atoms with Crippen molar-refractivity contribution < 1.29 is 8.42 Å². The lowest BCUT2D eigenvalue weighted by atomic mass is 10.3. The number of hydrogen-bond donors (Lipinski definition) is 1. The van der Waals surface area contributed by atoms with E-state index in [0.29, 0.717) is 5.13 Å². The normalized spacial score (nSPS) is 12.1. The molecule has 0 aliphatic rings. The number of aromatic nitrogens is 3. The molecule has 0 atom stereocenters. The molecule has 0 aliphatic carbocycles. The molecule has 0 radical (unpaired) electrons. The molecule has 0 saturated heterocycles. The minimum absolute atomic E-state index is 0.108. The molecule has 0 spiro atoms. The molecule has 0 amide bonds. The zero-order valence-corrected chi connectivity index (χ0v) is 13.1. The van der Waals surface area contributed by atoms with Gasteiger partial charge in [-0.1, -0.05) is 23.5 Å². The number of sulfonamides is 1. The van der Waals surface area contributed by atoms with E-state index in [1.165, 1.54) is 23.7 Å². The van der Waals surface area contributed by atoms with Crippen molar-refractivity contribution in [1.29, 1.82) is 0 Å². The predicted octanol–water partition coefficient (Wildman–Crippen LogP) is 2.87. The van der Waals surface area contributed by atoms with Gasteiger partial charge in [0.1, 0.15) is 4.90 Å². The summed E-state index contributed by atoms with van der Waals surface area (Å²) >= 11 is 1.30. The van der Waals surface area contributed by atoms with Crippen LogP contribution in [0, 0.1) is 0 Å². The van der Waals surface area contributed by atoms with E-state index in [1.807, 2.05) is 38.1 Å². The standard InChI is InChI=1S/C13H14N4O2S2/c1-9(2)17-8-10(7-14-17)21(18,19)16-13-15-11-5-3-4-6-12(11)20-13/h3-9H,1-2H3,(H,15,16).